The van der Waals surface area contributed by atoms with E-state index in [1.165, 1.54) is 0 Å². The maximum Gasteiger partial charge on any atom is 0.407 e. The number of hydrogen-bond donors (Lipinski definition) is 4. The normalized spacial score (nSPS) is 13.8. The molecule has 0 bridgehead atoms. The molecule has 8 heteroatoms. The molecule has 0 heterocycles. The van der Waals surface area contributed by atoms with Crippen molar-refractivity contribution in [1.29, 1.82) is 0 Å². The molecule has 4 N–H and O–H groups in total. The lowest BCUT2D eigenvalue weighted by atomic mass is 9.98. The molecule has 2 aromatic carbocycles. The number of carboxylic acids is 1. The zero-order valence-electron chi connectivity index (χ0n) is 18.9. The number of hydrogen-bond acceptors (Lipinski definition) is 5. The van der Waals surface area contributed by atoms with Gasteiger partial charge in [0.15, 0.2) is 0 Å². The molecule has 0 aromatic heterocycles. The molecule has 2 aromatic rings. The number of fused-ring (bicyclic) bond motifs is 3. The maximum atomic E-state index is 12.7. The second-order valence-electron chi connectivity index (χ2n) is 8.21. The molecular formula is C26H30N2O6. The highest BCUT2D eigenvalue weighted by atomic mass is 16.5. The summed E-state index contributed by atoms with van der Waals surface area (Å²) in [5.74, 6) is -1.79. The fraction of sp³-hybridized carbons (Fsp3) is 0.346. The van der Waals surface area contributed by atoms with E-state index in [1.807, 2.05) is 48.5 Å². The first-order chi connectivity index (χ1) is 16.4. The van der Waals surface area contributed by atoms with Crippen molar-refractivity contribution in [1.82, 2.24) is 10.6 Å². The number of aliphatic hydroxyl groups excluding tert-OH is 1. The van der Waals surface area contributed by atoms with E-state index in [2.05, 4.69) is 17.2 Å². The molecule has 2 atom stereocenters. The number of amides is 2. The average Bonchev–Trinajstić information content (AvgIpc) is 3.16. The average molecular weight is 467 g/mol. The highest BCUT2D eigenvalue weighted by Crippen LogP contribution is 2.44. The molecule has 1 aliphatic rings. The molecule has 0 fully saturated rings. The van der Waals surface area contributed by atoms with E-state index in [4.69, 9.17) is 9.84 Å². The van der Waals surface area contributed by atoms with Gasteiger partial charge in [0.05, 0.1) is 12.6 Å². The molecule has 2 amide bonds. The van der Waals surface area contributed by atoms with Gasteiger partial charge in [0.2, 0.25) is 5.91 Å². The van der Waals surface area contributed by atoms with Gasteiger partial charge in [-0.2, -0.15) is 0 Å². The van der Waals surface area contributed by atoms with Crippen molar-refractivity contribution in [2.75, 3.05) is 13.2 Å². The third kappa shape index (κ3) is 6.23. The van der Waals surface area contributed by atoms with Gasteiger partial charge in [-0.05, 0) is 41.5 Å². The number of aliphatic carboxylic acids is 1. The molecule has 0 spiro atoms. The zero-order chi connectivity index (χ0) is 24.5. The van der Waals surface area contributed by atoms with Crippen LogP contribution in [0.3, 0.4) is 0 Å². The number of aliphatic hydroxyl groups is 1. The summed E-state index contributed by atoms with van der Waals surface area (Å²) >= 11 is 0. The van der Waals surface area contributed by atoms with Crippen molar-refractivity contribution >= 4 is 18.0 Å². The fourth-order valence-corrected chi connectivity index (χ4v) is 4.15. The first-order valence-electron chi connectivity index (χ1n) is 11.3. The Balaban J connectivity index is 1.64. The number of ether oxygens (including phenoxy) is 1. The van der Waals surface area contributed by atoms with E-state index in [-0.39, 0.29) is 32.0 Å². The second kappa shape index (κ2) is 12.0. The van der Waals surface area contributed by atoms with E-state index in [0.29, 0.717) is 12.8 Å². The number of benzene rings is 2. The lowest BCUT2D eigenvalue weighted by Crippen LogP contribution is -2.50. The summed E-state index contributed by atoms with van der Waals surface area (Å²) in [5, 5.41) is 23.7. The molecule has 0 radical (unpaired) electrons. The topological polar surface area (TPSA) is 125 Å². The van der Waals surface area contributed by atoms with E-state index in [0.717, 1.165) is 22.3 Å². The Morgan fingerprint density at radius 1 is 1.00 bits per heavy atom. The Kier molecular flexibility index (Phi) is 8.81. The predicted molar refractivity (Wildman–Crippen MR) is 127 cm³/mol. The molecule has 2 unspecified atom stereocenters. The minimum absolute atomic E-state index is 0.0751. The summed E-state index contributed by atoms with van der Waals surface area (Å²) in [7, 11) is 0. The smallest absolute Gasteiger partial charge is 0.407 e. The van der Waals surface area contributed by atoms with E-state index in [9.17, 15) is 19.5 Å². The van der Waals surface area contributed by atoms with Crippen LogP contribution in [0.4, 0.5) is 4.79 Å². The lowest BCUT2D eigenvalue weighted by Gasteiger charge is -2.22. The highest BCUT2D eigenvalue weighted by Gasteiger charge is 2.30. The third-order valence-corrected chi connectivity index (χ3v) is 5.89. The van der Waals surface area contributed by atoms with Crippen LogP contribution in [-0.4, -0.2) is 53.5 Å². The summed E-state index contributed by atoms with van der Waals surface area (Å²) < 4.78 is 5.48. The number of allylic oxidation sites excluding steroid dienone is 1. The van der Waals surface area contributed by atoms with Crippen molar-refractivity contribution in [3.05, 3.63) is 72.3 Å². The fourth-order valence-electron chi connectivity index (χ4n) is 4.15. The van der Waals surface area contributed by atoms with Gasteiger partial charge in [-0.15, -0.1) is 6.58 Å². The number of carbonyl (C=O) groups is 3. The number of rotatable bonds is 12. The van der Waals surface area contributed by atoms with Gasteiger partial charge in [0.1, 0.15) is 12.6 Å². The predicted octanol–water partition coefficient (Wildman–Crippen LogP) is 3.20. The Morgan fingerprint density at radius 2 is 1.62 bits per heavy atom. The minimum Gasteiger partial charge on any atom is -0.481 e. The van der Waals surface area contributed by atoms with Gasteiger partial charge < -0.3 is 25.6 Å². The summed E-state index contributed by atoms with van der Waals surface area (Å²) in [6, 6.07) is 14.2. The van der Waals surface area contributed by atoms with Crippen molar-refractivity contribution < 1.29 is 29.3 Å². The first kappa shape index (κ1) is 25.0. The van der Waals surface area contributed by atoms with Crippen LogP contribution in [0.2, 0.25) is 0 Å². The number of carboxylic acid groups (broad SMARTS) is 1. The number of carbonyl (C=O) groups excluding carboxylic acids is 2. The standard InChI is InChI=1S/C26H30N2O6/c1-2-3-8-17(15-29)27-25(32)23(13-14-24(30)31)28-26(33)34-16-22-20-11-6-4-9-18(20)19-10-5-7-12-21(19)22/h2,4-7,9-12,17,22-23,29H,1,3,8,13-16H2,(H,27,32)(H,28,33)(H,30,31). The molecule has 180 valence electrons. The van der Waals surface area contributed by atoms with Gasteiger partial charge >= 0.3 is 12.1 Å². The summed E-state index contributed by atoms with van der Waals surface area (Å²) in [5.41, 5.74) is 4.31. The van der Waals surface area contributed by atoms with Gasteiger partial charge in [0.25, 0.3) is 0 Å². The van der Waals surface area contributed by atoms with E-state index >= 15 is 0 Å². The second-order valence-corrected chi connectivity index (χ2v) is 8.21. The van der Waals surface area contributed by atoms with Crippen LogP contribution in [0, 0.1) is 0 Å². The Labute approximate surface area is 198 Å². The van der Waals surface area contributed by atoms with Gasteiger partial charge in [-0.1, -0.05) is 54.6 Å². The summed E-state index contributed by atoms with van der Waals surface area (Å²) in [4.78, 5) is 36.3. The van der Waals surface area contributed by atoms with Crippen molar-refractivity contribution in [3.63, 3.8) is 0 Å². The molecule has 1 aliphatic carbocycles. The molecule has 8 nitrogen and oxygen atoms in total. The molecule has 0 saturated heterocycles. The SMILES string of the molecule is C=CCCC(CO)NC(=O)C(CCC(=O)O)NC(=O)OCC1c2ccccc2-c2ccccc21. The molecular weight excluding hydrogens is 436 g/mol. The van der Waals surface area contributed by atoms with E-state index < -0.39 is 30.1 Å². The van der Waals surface area contributed by atoms with Crippen molar-refractivity contribution in [2.45, 2.75) is 43.7 Å². The highest BCUT2D eigenvalue weighted by molar-refractivity contribution is 5.86. The van der Waals surface area contributed by atoms with Crippen molar-refractivity contribution in [2.24, 2.45) is 0 Å². The van der Waals surface area contributed by atoms with Crippen LogP contribution in [-0.2, 0) is 14.3 Å². The van der Waals surface area contributed by atoms with Crippen LogP contribution >= 0.6 is 0 Å². The Hall–Kier alpha value is -3.65. The maximum absolute atomic E-state index is 12.7. The third-order valence-electron chi connectivity index (χ3n) is 5.89. The first-order valence-corrected chi connectivity index (χ1v) is 11.3. The molecule has 0 aliphatic heterocycles. The zero-order valence-corrected chi connectivity index (χ0v) is 18.9. The molecule has 3 rings (SSSR count). The van der Waals surface area contributed by atoms with Crippen LogP contribution in [0.15, 0.2) is 61.2 Å². The summed E-state index contributed by atoms with van der Waals surface area (Å²) in [6.45, 7) is 3.41. The lowest BCUT2D eigenvalue weighted by molar-refractivity contribution is -0.137. The Morgan fingerprint density at radius 3 is 2.18 bits per heavy atom. The van der Waals surface area contributed by atoms with Crippen molar-refractivity contribution in [3.8, 4) is 11.1 Å². The van der Waals surface area contributed by atoms with Crippen LogP contribution in [0.5, 0.6) is 0 Å². The van der Waals surface area contributed by atoms with Gasteiger partial charge in [-0.3, -0.25) is 9.59 Å². The minimum atomic E-state index is -1.11. The summed E-state index contributed by atoms with van der Waals surface area (Å²) in [6.07, 6.45) is 1.52. The largest absolute Gasteiger partial charge is 0.481 e. The monoisotopic (exact) mass is 466 g/mol. The van der Waals surface area contributed by atoms with Crippen LogP contribution < -0.4 is 10.6 Å². The molecule has 34 heavy (non-hydrogen) atoms. The quantitative estimate of drug-likeness (QED) is 0.356. The van der Waals surface area contributed by atoms with Crippen LogP contribution in [0.1, 0.15) is 42.7 Å². The number of nitrogens with one attached hydrogen (secondary N) is 2. The van der Waals surface area contributed by atoms with Gasteiger partial charge in [0, 0.05) is 12.3 Å². The van der Waals surface area contributed by atoms with E-state index in [1.54, 1.807) is 6.08 Å². The number of alkyl carbamates (subject to hydrolysis) is 1. The molecule has 0 saturated carbocycles. The van der Waals surface area contributed by atoms with Crippen LogP contribution in [0.25, 0.3) is 11.1 Å². The van der Waals surface area contributed by atoms with Gasteiger partial charge in [-0.25, -0.2) is 4.79 Å². The Bertz CT molecular complexity index is 992.